The summed E-state index contributed by atoms with van der Waals surface area (Å²) in [5.74, 6) is 0. The zero-order chi connectivity index (χ0) is 43.3. The molecule has 0 bridgehead atoms. The van der Waals surface area contributed by atoms with Crippen LogP contribution < -0.4 is 26.4 Å². The molecule has 2 aliphatic heterocycles. The average Bonchev–Trinajstić information content (AvgIpc) is 3.56. The van der Waals surface area contributed by atoms with Gasteiger partial charge in [-0.15, -0.1) is 0 Å². The van der Waals surface area contributed by atoms with Crippen molar-refractivity contribution in [2.75, 3.05) is 9.80 Å². The number of anilines is 6. The zero-order valence-electron chi connectivity index (χ0n) is 38.8. The molecule has 6 aromatic carbocycles. The number of nitrogens with zero attached hydrogens (tertiary/aromatic N) is 2. The van der Waals surface area contributed by atoms with Crippen LogP contribution in [0.15, 0.2) is 120 Å². The molecule has 4 heteroatoms. The Morgan fingerprint density at radius 1 is 0.508 bits per heavy atom. The highest BCUT2D eigenvalue weighted by Gasteiger charge is 2.48. The van der Waals surface area contributed by atoms with Crippen molar-refractivity contribution in [3.8, 4) is 0 Å². The van der Waals surface area contributed by atoms with Gasteiger partial charge in [0.15, 0.2) is 0 Å². The van der Waals surface area contributed by atoms with Gasteiger partial charge >= 0.3 is 0 Å². The average molecular weight is 801 g/mol. The number of fused-ring (bicyclic) bond motifs is 8. The lowest BCUT2D eigenvalue weighted by atomic mass is 9.35. The van der Waals surface area contributed by atoms with Crippen LogP contribution in [0.2, 0.25) is 0 Å². The lowest BCUT2D eigenvalue weighted by molar-refractivity contribution is 0.520. The summed E-state index contributed by atoms with van der Waals surface area (Å²) in [5.41, 5.74) is 22.0. The lowest BCUT2D eigenvalue weighted by Gasteiger charge is -2.44. The molecule has 308 valence electrons. The van der Waals surface area contributed by atoms with Gasteiger partial charge in [-0.2, -0.15) is 0 Å². The summed E-state index contributed by atoms with van der Waals surface area (Å²) in [7, 11) is 0. The molecule has 0 radical (unpaired) electrons. The van der Waals surface area contributed by atoms with Gasteiger partial charge in [-0.3, -0.25) is 0 Å². The minimum Gasteiger partial charge on any atom is -0.468 e. The molecule has 0 saturated carbocycles. The molecule has 3 heterocycles. The molecule has 0 saturated heterocycles. The van der Waals surface area contributed by atoms with E-state index in [1.165, 1.54) is 77.9 Å². The molecule has 0 N–H and O–H groups in total. The molecule has 61 heavy (non-hydrogen) atoms. The van der Waals surface area contributed by atoms with E-state index in [1.807, 2.05) is 0 Å². The van der Waals surface area contributed by atoms with Crippen molar-refractivity contribution in [3.05, 3.63) is 160 Å². The summed E-state index contributed by atoms with van der Waals surface area (Å²) >= 11 is 0. The smallest absolute Gasteiger partial charge is 0.297 e. The quantitative estimate of drug-likeness (QED) is 0.162. The van der Waals surface area contributed by atoms with Crippen LogP contribution in [0.25, 0.3) is 11.0 Å². The van der Waals surface area contributed by atoms with Crippen LogP contribution >= 0.6 is 0 Å². The molecule has 7 aromatic rings. The maximum absolute atomic E-state index is 7.53. The largest absolute Gasteiger partial charge is 0.468 e. The lowest BCUT2D eigenvalue weighted by Crippen LogP contribution is -2.61. The van der Waals surface area contributed by atoms with Gasteiger partial charge in [0.2, 0.25) is 0 Å². The van der Waals surface area contributed by atoms with Crippen LogP contribution in [0, 0.1) is 6.92 Å². The van der Waals surface area contributed by atoms with E-state index in [0.29, 0.717) is 0 Å². The minimum absolute atomic E-state index is 0.0280. The van der Waals surface area contributed by atoms with Crippen LogP contribution in [0.3, 0.4) is 0 Å². The molecule has 1 aliphatic carbocycles. The Balaban J connectivity index is 1.31. The molecule has 1 aromatic heterocycles. The van der Waals surface area contributed by atoms with Crippen LogP contribution in [0.4, 0.5) is 34.1 Å². The fourth-order valence-corrected chi connectivity index (χ4v) is 11.1. The van der Waals surface area contributed by atoms with Crippen molar-refractivity contribution in [2.24, 2.45) is 0 Å². The summed E-state index contributed by atoms with van der Waals surface area (Å²) in [5, 5.41) is 1.17. The minimum atomic E-state index is -0.197. The third kappa shape index (κ3) is 5.77. The second kappa shape index (κ2) is 12.8. The second-order valence-corrected chi connectivity index (χ2v) is 22.4. The summed E-state index contributed by atoms with van der Waals surface area (Å²) in [6.07, 6.45) is 0. The van der Waals surface area contributed by atoms with Crippen molar-refractivity contribution in [2.45, 2.75) is 124 Å². The van der Waals surface area contributed by atoms with E-state index in [2.05, 4.69) is 222 Å². The summed E-state index contributed by atoms with van der Waals surface area (Å²) in [4.78, 5) is 5.04. The number of aryl methyl sites for hydroxylation is 1. The molecule has 3 aliphatic rings. The van der Waals surface area contributed by atoms with Gasteiger partial charge < -0.3 is 14.2 Å². The monoisotopic (exact) mass is 800 g/mol. The van der Waals surface area contributed by atoms with E-state index in [0.717, 1.165) is 28.3 Å². The van der Waals surface area contributed by atoms with Gasteiger partial charge in [-0.05, 0) is 133 Å². The maximum atomic E-state index is 7.53. The highest BCUT2D eigenvalue weighted by atomic mass is 16.3. The van der Waals surface area contributed by atoms with Crippen molar-refractivity contribution in [3.63, 3.8) is 0 Å². The first-order valence-electron chi connectivity index (χ1n) is 22.4. The van der Waals surface area contributed by atoms with Gasteiger partial charge in [0.1, 0.15) is 5.58 Å². The van der Waals surface area contributed by atoms with Gasteiger partial charge in [-0.25, -0.2) is 0 Å². The van der Waals surface area contributed by atoms with Crippen molar-refractivity contribution < 1.29 is 4.42 Å². The number of benzene rings is 6. The molecule has 0 spiro atoms. The van der Waals surface area contributed by atoms with Crippen molar-refractivity contribution in [1.82, 2.24) is 0 Å². The first-order valence-corrected chi connectivity index (χ1v) is 22.4. The maximum Gasteiger partial charge on any atom is 0.297 e. The molecule has 10 rings (SSSR count). The highest BCUT2D eigenvalue weighted by Crippen LogP contribution is 2.53. The summed E-state index contributed by atoms with van der Waals surface area (Å²) in [6.45, 7) is 32.5. The standard InChI is InChI=1S/C57H61BN2O/c1-34-30-38(27-28-40(34)55(8,9)10)60-48-21-17-20-47-50(48)58(45-31-36(54(5,6)7)24-29-46(45)59(47)37-25-22-35(23-26-37)53(2,3)4)52-51(60)39-32-43-44(33-49(39)61-52)57(13,14)42-19-16-15-18-41(42)56(43,11)12/h15-33H,1-14H3. The van der Waals surface area contributed by atoms with E-state index >= 15 is 0 Å². The Labute approximate surface area is 364 Å². The first-order chi connectivity index (χ1) is 28.6. The van der Waals surface area contributed by atoms with Gasteiger partial charge in [-0.1, -0.05) is 151 Å². The Morgan fingerprint density at radius 3 is 1.67 bits per heavy atom. The Hall–Kier alpha value is -5.48. The van der Waals surface area contributed by atoms with Crippen LogP contribution in [0.1, 0.15) is 135 Å². The Kier molecular flexibility index (Phi) is 8.31. The van der Waals surface area contributed by atoms with E-state index in [1.54, 1.807) is 0 Å². The Bertz CT molecular complexity index is 2940. The summed E-state index contributed by atoms with van der Waals surface area (Å²) in [6, 6.07) is 44.5. The third-order valence-electron chi connectivity index (χ3n) is 14.5. The Morgan fingerprint density at radius 2 is 1.08 bits per heavy atom. The summed E-state index contributed by atoms with van der Waals surface area (Å²) < 4.78 is 7.53. The SMILES string of the molecule is Cc1cc(N2c3cccc4c3B(c3cc(C(C)(C)C)ccc3N4c3ccc(C(C)(C)C)cc3)c3oc4cc5c(cc4c32)C(C)(C)c2ccccc2C5(C)C)ccc1C(C)(C)C. The molecule has 0 atom stereocenters. The normalized spacial score (nSPS) is 16.2. The molecule has 0 amide bonds. The number of hydrogen-bond acceptors (Lipinski definition) is 3. The van der Waals surface area contributed by atoms with Crippen molar-refractivity contribution >= 4 is 68.4 Å². The highest BCUT2D eigenvalue weighted by molar-refractivity contribution is 7.00. The van der Waals surface area contributed by atoms with Gasteiger partial charge in [0.05, 0.1) is 11.3 Å². The molecule has 0 fully saturated rings. The second-order valence-electron chi connectivity index (χ2n) is 22.4. The molecule has 0 unspecified atom stereocenters. The molecule has 3 nitrogen and oxygen atoms in total. The third-order valence-corrected chi connectivity index (χ3v) is 14.5. The van der Waals surface area contributed by atoms with Crippen LogP contribution in [-0.4, -0.2) is 6.71 Å². The number of rotatable bonds is 2. The van der Waals surface area contributed by atoms with E-state index in [4.69, 9.17) is 4.42 Å². The predicted octanol–water partition coefficient (Wildman–Crippen LogP) is 13.7. The van der Waals surface area contributed by atoms with Crippen LogP contribution in [-0.2, 0) is 27.1 Å². The van der Waals surface area contributed by atoms with Gasteiger partial charge in [0, 0.05) is 44.7 Å². The van der Waals surface area contributed by atoms with E-state index < -0.39 is 0 Å². The number of hydrogen-bond donors (Lipinski definition) is 0. The first kappa shape index (κ1) is 39.6. The molecular weight excluding hydrogens is 739 g/mol. The van der Waals surface area contributed by atoms with Crippen LogP contribution in [0.5, 0.6) is 0 Å². The number of furan rings is 1. The fourth-order valence-electron chi connectivity index (χ4n) is 11.1. The van der Waals surface area contributed by atoms with E-state index in [-0.39, 0.29) is 33.8 Å². The fraction of sp³-hybridized carbons (Fsp3) is 0.333. The van der Waals surface area contributed by atoms with Crippen molar-refractivity contribution in [1.29, 1.82) is 0 Å². The zero-order valence-corrected chi connectivity index (χ0v) is 38.8. The van der Waals surface area contributed by atoms with E-state index in [9.17, 15) is 0 Å². The van der Waals surface area contributed by atoms with Gasteiger partial charge in [0.25, 0.3) is 6.71 Å². The molecular formula is C57H61BN2O. The topological polar surface area (TPSA) is 19.6 Å². The predicted molar refractivity (Wildman–Crippen MR) is 262 cm³/mol.